The minimum Gasteiger partial charge on any atom is -0.311 e. The summed E-state index contributed by atoms with van der Waals surface area (Å²) in [5, 5.41) is 3.94. The summed E-state index contributed by atoms with van der Waals surface area (Å²) >= 11 is 0. The first kappa shape index (κ1) is 12.4. The van der Waals surface area contributed by atoms with Crippen molar-refractivity contribution < 1.29 is 0 Å². The molecule has 2 rings (SSSR count). The van der Waals surface area contributed by atoms with E-state index in [1.54, 1.807) is 0 Å². The van der Waals surface area contributed by atoms with E-state index in [1.165, 1.54) is 44.9 Å². The van der Waals surface area contributed by atoms with Gasteiger partial charge in [0.2, 0.25) is 0 Å². The molecule has 2 aliphatic carbocycles. The third-order valence-corrected chi connectivity index (χ3v) is 5.04. The zero-order chi connectivity index (χ0) is 11.5. The van der Waals surface area contributed by atoms with E-state index in [0.717, 1.165) is 29.8 Å². The molecule has 2 aliphatic rings. The zero-order valence-electron chi connectivity index (χ0n) is 11.3. The molecule has 0 heterocycles. The van der Waals surface area contributed by atoms with Crippen LogP contribution >= 0.6 is 0 Å². The van der Waals surface area contributed by atoms with Crippen molar-refractivity contribution in [3.63, 3.8) is 0 Å². The molecule has 94 valence electrons. The zero-order valence-corrected chi connectivity index (χ0v) is 11.3. The van der Waals surface area contributed by atoms with E-state index in [2.05, 4.69) is 26.1 Å². The molecule has 4 atom stereocenters. The van der Waals surface area contributed by atoms with E-state index in [1.807, 2.05) is 0 Å². The number of rotatable bonds is 3. The summed E-state index contributed by atoms with van der Waals surface area (Å²) < 4.78 is 0. The van der Waals surface area contributed by atoms with Crippen LogP contribution in [0.1, 0.15) is 65.7 Å². The van der Waals surface area contributed by atoms with Crippen LogP contribution in [0.2, 0.25) is 0 Å². The Labute approximate surface area is 101 Å². The lowest BCUT2D eigenvalue weighted by Crippen LogP contribution is -2.46. The van der Waals surface area contributed by atoms with Crippen molar-refractivity contribution in [1.29, 1.82) is 0 Å². The fraction of sp³-hybridized carbons (Fsp3) is 1.00. The average molecular weight is 223 g/mol. The summed E-state index contributed by atoms with van der Waals surface area (Å²) in [6.07, 6.45) is 10.1. The summed E-state index contributed by atoms with van der Waals surface area (Å²) in [5.41, 5.74) is 0. The molecule has 1 heteroatoms. The molecule has 0 aliphatic heterocycles. The lowest BCUT2D eigenvalue weighted by molar-refractivity contribution is 0.198. The van der Waals surface area contributed by atoms with Gasteiger partial charge in [-0.1, -0.05) is 33.1 Å². The maximum Gasteiger partial charge on any atom is 0.00978 e. The van der Waals surface area contributed by atoms with Crippen LogP contribution in [-0.2, 0) is 0 Å². The normalized spacial score (nSPS) is 38.8. The van der Waals surface area contributed by atoms with Gasteiger partial charge in [0.25, 0.3) is 0 Å². The fourth-order valence-electron chi connectivity index (χ4n) is 3.70. The van der Waals surface area contributed by atoms with Gasteiger partial charge in [-0.25, -0.2) is 0 Å². The maximum absolute atomic E-state index is 3.94. The number of hydrogen-bond donors (Lipinski definition) is 1. The van der Waals surface area contributed by atoms with E-state index >= 15 is 0 Å². The molecule has 0 aromatic rings. The summed E-state index contributed by atoms with van der Waals surface area (Å²) in [5.74, 6) is 2.79. The Bertz CT molecular complexity index is 207. The molecule has 0 amide bonds. The summed E-state index contributed by atoms with van der Waals surface area (Å²) in [6.45, 7) is 7.27. The Balaban J connectivity index is 1.82. The highest BCUT2D eigenvalue weighted by Crippen LogP contribution is 2.32. The summed E-state index contributed by atoms with van der Waals surface area (Å²) in [6, 6.07) is 1.54. The molecule has 0 radical (unpaired) electrons. The van der Waals surface area contributed by atoms with Gasteiger partial charge in [-0.15, -0.1) is 0 Å². The van der Waals surface area contributed by atoms with Gasteiger partial charge in [0.15, 0.2) is 0 Å². The van der Waals surface area contributed by atoms with Crippen LogP contribution in [0.3, 0.4) is 0 Å². The molecule has 2 fully saturated rings. The van der Waals surface area contributed by atoms with Crippen LogP contribution in [0, 0.1) is 17.8 Å². The van der Waals surface area contributed by atoms with Crippen molar-refractivity contribution >= 4 is 0 Å². The first-order valence-corrected chi connectivity index (χ1v) is 7.43. The first-order valence-electron chi connectivity index (χ1n) is 7.43. The maximum atomic E-state index is 3.94. The third-order valence-electron chi connectivity index (χ3n) is 5.04. The van der Waals surface area contributed by atoms with Gasteiger partial charge < -0.3 is 5.32 Å². The number of hydrogen-bond acceptors (Lipinski definition) is 1. The van der Waals surface area contributed by atoms with Crippen LogP contribution in [0.4, 0.5) is 0 Å². The SMILES string of the molecule is CC1CCC(C)C(N[C@@H](C)C2CCCC2)C1. The van der Waals surface area contributed by atoms with Crippen LogP contribution < -0.4 is 5.32 Å². The Morgan fingerprint density at radius 3 is 2.38 bits per heavy atom. The molecule has 2 saturated carbocycles. The van der Waals surface area contributed by atoms with Crippen molar-refractivity contribution in [2.45, 2.75) is 77.8 Å². The van der Waals surface area contributed by atoms with Gasteiger partial charge in [0.05, 0.1) is 0 Å². The molecule has 3 unspecified atom stereocenters. The van der Waals surface area contributed by atoms with E-state index in [4.69, 9.17) is 0 Å². The van der Waals surface area contributed by atoms with Crippen LogP contribution in [-0.4, -0.2) is 12.1 Å². The summed E-state index contributed by atoms with van der Waals surface area (Å²) in [4.78, 5) is 0. The monoisotopic (exact) mass is 223 g/mol. The minimum absolute atomic E-state index is 0.750. The summed E-state index contributed by atoms with van der Waals surface area (Å²) in [7, 11) is 0. The van der Waals surface area contributed by atoms with E-state index in [-0.39, 0.29) is 0 Å². The largest absolute Gasteiger partial charge is 0.311 e. The quantitative estimate of drug-likeness (QED) is 0.763. The molecular weight excluding hydrogens is 194 g/mol. The molecule has 0 aromatic heterocycles. The highest BCUT2D eigenvalue weighted by atomic mass is 15.0. The standard InChI is InChI=1S/C15H29N/c1-11-8-9-12(2)15(10-11)16-13(3)14-6-4-5-7-14/h11-16H,4-10H2,1-3H3/t11?,12?,13-,15?/m0/s1. The van der Waals surface area contributed by atoms with Crippen molar-refractivity contribution in [3.05, 3.63) is 0 Å². The second-order valence-electron chi connectivity index (χ2n) is 6.50. The van der Waals surface area contributed by atoms with E-state index < -0.39 is 0 Å². The second-order valence-corrected chi connectivity index (χ2v) is 6.50. The molecule has 0 saturated heterocycles. The van der Waals surface area contributed by atoms with Crippen molar-refractivity contribution in [3.8, 4) is 0 Å². The Morgan fingerprint density at radius 1 is 1.00 bits per heavy atom. The Hall–Kier alpha value is -0.0400. The Morgan fingerprint density at radius 2 is 1.69 bits per heavy atom. The van der Waals surface area contributed by atoms with Gasteiger partial charge in [0.1, 0.15) is 0 Å². The minimum atomic E-state index is 0.750. The predicted octanol–water partition coefficient (Wildman–Crippen LogP) is 3.98. The number of nitrogens with one attached hydrogen (secondary N) is 1. The van der Waals surface area contributed by atoms with Crippen molar-refractivity contribution in [2.24, 2.45) is 17.8 Å². The van der Waals surface area contributed by atoms with Crippen LogP contribution in [0.5, 0.6) is 0 Å². The fourth-order valence-corrected chi connectivity index (χ4v) is 3.70. The molecule has 1 N–H and O–H groups in total. The second kappa shape index (κ2) is 5.53. The van der Waals surface area contributed by atoms with E-state index in [0.29, 0.717) is 0 Å². The molecular formula is C15H29N. The van der Waals surface area contributed by atoms with Crippen molar-refractivity contribution in [2.75, 3.05) is 0 Å². The van der Waals surface area contributed by atoms with E-state index in [9.17, 15) is 0 Å². The molecule has 0 aromatic carbocycles. The average Bonchev–Trinajstić information content (AvgIpc) is 2.76. The lowest BCUT2D eigenvalue weighted by atomic mass is 9.79. The molecule has 0 bridgehead atoms. The molecule has 1 nitrogen and oxygen atoms in total. The first-order chi connectivity index (χ1) is 7.66. The Kier molecular flexibility index (Phi) is 4.29. The molecule has 16 heavy (non-hydrogen) atoms. The van der Waals surface area contributed by atoms with Gasteiger partial charge in [-0.2, -0.15) is 0 Å². The van der Waals surface area contributed by atoms with Crippen LogP contribution in [0.15, 0.2) is 0 Å². The van der Waals surface area contributed by atoms with Gasteiger partial charge >= 0.3 is 0 Å². The lowest BCUT2D eigenvalue weighted by Gasteiger charge is -2.36. The van der Waals surface area contributed by atoms with Gasteiger partial charge in [-0.3, -0.25) is 0 Å². The highest BCUT2D eigenvalue weighted by molar-refractivity contribution is 4.86. The van der Waals surface area contributed by atoms with Gasteiger partial charge in [-0.05, 0) is 50.4 Å². The predicted molar refractivity (Wildman–Crippen MR) is 70.5 cm³/mol. The smallest absolute Gasteiger partial charge is 0.00978 e. The third kappa shape index (κ3) is 3.00. The van der Waals surface area contributed by atoms with Crippen LogP contribution in [0.25, 0.3) is 0 Å². The highest BCUT2D eigenvalue weighted by Gasteiger charge is 2.29. The molecule has 0 spiro atoms. The van der Waals surface area contributed by atoms with Crippen molar-refractivity contribution in [1.82, 2.24) is 5.32 Å². The van der Waals surface area contributed by atoms with Gasteiger partial charge in [0, 0.05) is 12.1 Å². The topological polar surface area (TPSA) is 12.0 Å².